The molecule has 1 N–H and O–H groups in total. The minimum atomic E-state index is -4.00. The molecule has 0 fully saturated rings. The monoisotopic (exact) mass is 626 g/mol. The van der Waals surface area contributed by atoms with Gasteiger partial charge >= 0.3 is 0 Å². The van der Waals surface area contributed by atoms with Gasteiger partial charge in [0, 0.05) is 18.2 Å². The van der Waals surface area contributed by atoms with Gasteiger partial charge in [-0.15, -0.1) is 5.01 Å². The average molecular weight is 627 g/mol. The first-order valence-corrected chi connectivity index (χ1v) is 17.3. The van der Waals surface area contributed by atoms with Gasteiger partial charge in [-0.1, -0.05) is 158 Å². The fourth-order valence-corrected chi connectivity index (χ4v) is 7.66. The highest BCUT2D eigenvalue weighted by Gasteiger charge is 2.41. The van der Waals surface area contributed by atoms with E-state index in [-0.39, 0.29) is 9.60 Å². The third-order valence-corrected chi connectivity index (χ3v) is 10.0. The van der Waals surface area contributed by atoms with Crippen molar-refractivity contribution >= 4 is 20.8 Å². The third kappa shape index (κ3) is 7.79. The fraction of sp³-hybridized carbons (Fsp3) is 0.150. The SMILES string of the molecule is O=S(=O)(N[N+](CCc1ccccc1)(CCc1ccccc1)N(Cc1ccccc1)Cc1ccccc1)c1cccc2ccccc12. The predicted octanol–water partition coefficient (Wildman–Crippen LogP) is 7.95. The second-order valence-electron chi connectivity index (χ2n) is 11.7. The zero-order valence-corrected chi connectivity index (χ0v) is 26.8. The van der Waals surface area contributed by atoms with E-state index in [1.54, 1.807) is 6.07 Å². The molecule has 0 amide bonds. The Morgan fingerprint density at radius 2 is 0.891 bits per heavy atom. The maximum atomic E-state index is 14.7. The van der Waals surface area contributed by atoms with E-state index in [1.807, 2.05) is 109 Å². The van der Waals surface area contributed by atoms with Crippen LogP contribution in [0.2, 0.25) is 0 Å². The molecule has 6 heteroatoms. The smallest absolute Gasteiger partial charge is 0.202 e. The van der Waals surface area contributed by atoms with Crippen LogP contribution in [0.5, 0.6) is 0 Å². The maximum Gasteiger partial charge on any atom is 0.284 e. The van der Waals surface area contributed by atoms with E-state index < -0.39 is 10.0 Å². The number of nitrogens with zero attached hydrogens (tertiary/aromatic N) is 2. The molecule has 0 aliphatic heterocycles. The van der Waals surface area contributed by atoms with Crippen LogP contribution in [-0.4, -0.2) is 31.2 Å². The summed E-state index contributed by atoms with van der Waals surface area (Å²) in [7, 11) is -4.00. The molecule has 6 aromatic carbocycles. The number of benzene rings is 6. The topological polar surface area (TPSA) is 49.4 Å². The molecule has 6 aromatic rings. The zero-order chi connectivity index (χ0) is 31.7. The Labute approximate surface area is 273 Å². The number of sulfonamides is 1. The molecule has 0 unspecified atom stereocenters. The third-order valence-electron chi connectivity index (χ3n) is 8.51. The Hall–Kier alpha value is -4.59. The van der Waals surface area contributed by atoms with Crippen molar-refractivity contribution in [3.05, 3.63) is 186 Å². The molecule has 0 saturated carbocycles. The predicted molar refractivity (Wildman–Crippen MR) is 187 cm³/mol. The Balaban J connectivity index is 1.50. The van der Waals surface area contributed by atoms with E-state index in [9.17, 15) is 8.42 Å². The largest absolute Gasteiger partial charge is 0.284 e. The van der Waals surface area contributed by atoms with Gasteiger partial charge in [-0.3, -0.25) is 0 Å². The zero-order valence-electron chi connectivity index (χ0n) is 26.0. The second-order valence-corrected chi connectivity index (χ2v) is 13.3. The van der Waals surface area contributed by atoms with Gasteiger partial charge in [0.1, 0.15) is 13.1 Å². The first-order chi connectivity index (χ1) is 22.5. The highest BCUT2D eigenvalue weighted by atomic mass is 32.2. The molecule has 0 aliphatic rings. The summed E-state index contributed by atoms with van der Waals surface area (Å²) in [6, 6.07) is 54.5. The van der Waals surface area contributed by atoms with Crippen molar-refractivity contribution in [3.63, 3.8) is 0 Å². The van der Waals surface area contributed by atoms with E-state index in [2.05, 4.69) is 58.4 Å². The van der Waals surface area contributed by atoms with Crippen molar-refractivity contribution < 1.29 is 13.1 Å². The van der Waals surface area contributed by atoms with Gasteiger partial charge in [0.25, 0.3) is 10.0 Å². The molecule has 0 aromatic heterocycles. The summed E-state index contributed by atoms with van der Waals surface area (Å²) in [6.45, 7) is 2.16. The van der Waals surface area contributed by atoms with Gasteiger partial charge in [-0.05, 0) is 38.5 Å². The lowest BCUT2D eigenvalue weighted by molar-refractivity contribution is -1.06. The Morgan fingerprint density at radius 1 is 0.478 bits per heavy atom. The number of quaternary nitrogens is 1. The molecule has 0 bridgehead atoms. The van der Waals surface area contributed by atoms with Gasteiger partial charge in [0.2, 0.25) is 0 Å². The van der Waals surface area contributed by atoms with E-state index in [0.29, 0.717) is 44.4 Å². The van der Waals surface area contributed by atoms with Crippen LogP contribution in [0.25, 0.3) is 10.8 Å². The minimum Gasteiger partial charge on any atom is -0.202 e. The molecular formula is C40H40N3O2S+. The lowest BCUT2D eigenvalue weighted by atomic mass is 10.1. The van der Waals surface area contributed by atoms with E-state index >= 15 is 0 Å². The number of hydrogen-bond acceptors (Lipinski definition) is 3. The van der Waals surface area contributed by atoms with Crippen molar-refractivity contribution in [2.24, 2.45) is 0 Å². The molecule has 6 rings (SSSR count). The lowest BCUT2D eigenvalue weighted by Gasteiger charge is -2.45. The molecular weight excluding hydrogens is 587 g/mol. The summed E-state index contributed by atoms with van der Waals surface area (Å²) in [5, 5.41) is 3.89. The molecule has 0 aliphatic carbocycles. The van der Waals surface area contributed by atoms with Gasteiger partial charge < -0.3 is 0 Å². The highest BCUT2D eigenvalue weighted by molar-refractivity contribution is 7.89. The molecule has 0 spiro atoms. The molecule has 0 saturated heterocycles. The van der Waals surface area contributed by atoms with E-state index in [0.717, 1.165) is 27.6 Å². The molecule has 0 atom stereocenters. The quantitative estimate of drug-likeness (QED) is 0.0986. The molecule has 0 heterocycles. The fourth-order valence-electron chi connectivity index (χ4n) is 6.08. The van der Waals surface area contributed by atoms with Crippen LogP contribution in [0.1, 0.15) is 22.3 Å². The van der Waals surface area contributed by atoms with Crippen LogP contribution in [-0.2, 0) is 36.0 Å². The van der Waals surface area contributed by atoms with Crippen molar-refractivity contribution in [2.75, 3.05) is 13.1 Å². The summed E-state index contributed by atoms with van der Waals surface area (Å²) < 4.78 is 29.5. The van der Waals surface area contributed by atoms with Crippen LogP contribution in [0.15, 0.2) is 169 Å². The van der Waals surface area contributed by atoms with Crippen LogP contribution < -0.4 is 4.83 Å². The molecule has 5 nitrogen and oxygen atoms in total. The molecule has 232 valence electrons. The Kier molecular flexibility index (Phi) is 10.0. The van der Waals surface area contributed by atoms with Crippen molar-refractivity contribution in [3.8, 4) is 0 Å². The van der Waals surface area contributed by atoms with Crippen molar-refractivity contribution in [2.45, 2.75) is 30.8 Å². The lowest BCUT2D eigenvalue weighted by Crippen LogP contribution is -2.69. The minimum absolute atomic E-state index is 0.0408. The van der Waals surface area contributed by atoms with Crippen LogP contribution in [0.4, 0.5) is 0 Å². The van der Waals surface area contributed by atoms with Crippen LogP contribution >= 0.6 is 0 Å². The Bertz CT molecular complexity index is 1840. The van der Waals surface area contributed by atoms with E-state index in [1.165, 1.54) is 0 Å². The standard InChI is InChI=1S/C40H40N3O2S/c44-46(45,40-27-15-25-38-24-13-14-26-39(38)40)41-43(30-28-34-16-5-1-6-17-34,31-29-35-18-7-2-8-19-35)42(32-36-20-9-3-10-21-36)33-37-22-11-4-12-23-37/h1-27,41H,28-33H2/q+1. The summed E-state index contributed by atoms with van der Waals surface area (Å²) >= 11 is 0. The summed E-state index contributed by atoms with van der Waals surface area (Å²) in [4.78, 5) is 3.62. The molecule has 46 heavy (non-hydrogen) atoms. The van der Waals surface area contributed by atoms with Crippen molar-refractivity contribution in [1.29, 1.82) is 0 Å². The highest BCUT2D eigenvalue weighted by Crippen LogP contribution is 2.27. The van der Waals surface area contributed by atoms with Gasteiger partial charge in [0.05, 0.1) is 18.0 Å². The van der Waals surface area contributed by atoms with Crippen LogP contribution in [0.3, 0.4) is 0 Å². The first-order valence-electron chi connectivity index (χ1n) is 15.8. The van der Waals surface area contributed by atoms with E-state index in [4.69, 9.17) is 0 Å². The number of nitrogens with one attached hydrogen (secondary N) is 1. The number of hydrogen-bond donors (Lipinski definition) is 1. The number of rotatable bonds is 14. The van der Waals surface area contributed by atoms with Crippen molar-refractivity contribution in [1.82, 2.24) is 9.84 Å². The Morgan fingerprint density at radius 3 is 1.39 bits per heavy atom. The van der Waals surface area contributed by atoms with Crippen LogP contribution in [0, 0.1) is 0 Å². The first kappa shape index (κ1) is 31.4. The normalized spacial score (nSPS) is 12.0. The van der Waals surface area contributed by atoms with Gasteiger partial charge in [-0.2, -0.15) is 4.70 Å². The maximum absolute atomic E-state index is 14.7. The van der Waals surface area contributed by atoms with Gasteiger partial charge in [-0.25, -0.2) is 8.42 Å². The summed E-state index contributed by atoms with van der Waals surface area (Å²) in [5.74, 6) is 0. The second kappa shape index (κ2) is 14.7. The summed E-state index contributed by atoms with van der Waals surface area (Å²) in [5.41, 5.74) is 4.55. The summed E-state index contributed by atoms with van der Waals surface area (Å²) in [6.07, 6.45) is 1.38. The average Bonchev–Trinajstić information content (AvgIpc) is 3.11. The number of fused-ring (bicyclic) bond motifs is 1. The van der Waals surface area contributed by atoms with Gasteiger partial charge in [0.15, 0.2) is 0 Å². The molecule has 0 radical (unpaired) electrons.